The van der Waals surface area contributed by atoms with Crippen molar-refractivity contribution in [3.63, 3.8) is 0 Å². The molecule has 0 saturated heterocycles. The Balaban J connectivity index is 2.06. The number of halogens is 1. The van der Waals surface area contributed by atoms with Crippen molar-refractivity contribution in [1.29, 1.82) is 5.26 Å². The molecule has 0 spiro atoms. The van der Waals surface area contributed by atoms with Gasteiger partial charge in [0.1, 0.15) is 0 Å². The van der Waals surface area contributed by atoms with E-state index in [9.17, 15) is 0 Å². The summed E-state index contributed by atoms with van der Waals surface area (Å²) >= 11 is 3.61. The van der Waals surface area contributed by atoms with Crippen molar-refractivity contribution in [2.45, 2.75) is 31.3 Å². The molecule has 2 aromatic carbocycles. The van der Waals surface area contributed by atoms with Gasteiger partial charge in [-0.15, -0.1) is 0 Å². The first-order valence-electron chi connectivity index (χ1n) is 7.50. The molecule has 22 heavy (non-hydrogen) atoms. The molecule has 0 bridgehead atoms. The standard InChI is InChI=1S/C19H21BrN2/c1-16-7-9-18(10-8-16)14-22(15-19(20)11-12-21)13-17-5-3-2-4-6-17/h2-10,19H,11,13-15H2,1H3. The highest BCUT2D eigenvalue weighted by atomic mass is 79.9. The molecule has 0 saturated carbocycles. The first-order valence-corrected chi connectivity index (χ1v) is 8.42. The quantitative estimate of drug-likeness (QED) is 0.673. The fourth-order valence-corrected chi connectivity index (χ4v) is 2.98. The van der Waals surface area contributed by atoms with Gasteiger partial charge in [-0.1, -0.05) is 76.1 Å². The molecule has 0 amide bonds. The lowest BCUT2D eigenvalue weighted by Gasteiger charge is -2.24. The number of benzene rings is 2. The molecule has 0 radical (unpaired) electrons. The third-order valence-corrected chi connectivity index (χ3v) is 4.16. The van der Waals surface area contributed by atoms with Gasteiger partial charge in [-0.2, -0.15) is 5.26 Å². The Morgan fingerprint density at radius 2 is 1.59 bits per heavy atom. The highest BCUT2D eigenvalue weighted by Gasteiger charge is 2.12. The van der Waals surface area contributed by atoms with Crippen LogP contribution in [0.3, 0.4) is 0 Å². The number of hydrogen-bond acceptors (Lipinski definition) is 2. The van der Waals surface area contributed by atoms with Crippen molar-refractivity contribution in [2.75, 3.05) is 6.54 Å². The van der Waals surface area contributed by atoms with E-state index in [0.29, 0.717) is 6.42 Å². The van der Waals surface area contributed by atoms with Crippen LogP contribution in [0, 0.1) is 18.3 Å². The topological polar surface area (TPSA) is 27.0 Å². The molecular weight excluding hydrogens is 336 g/mol. The van der Waals surface area contributed by atoms with Gasteiger partial charge < -0.3 is 0 Å². The predicted octanol–water partition coefficient (Wildman–Crippen LogP) is 4.67. The summed E-state index contributed by atoms with van der Waals surface area (Å²) in [5.74, 6) is 0. The Morgan fingerprint density at radius 3 is 2.18 bits per heavy atom. The maximum atomic E-state index is 8.86. The van der Waals surface area contributed by atoms with Gasteiger partial charge in [-0.3, -0.25) is 4.90 Å². The summed E-state index contributed by atoms with van der Waals surface area (Å²) in [4.78, 5) is 2.59. The summed E-state index contributed by atoms with van der Waals surface area (Å²) in [6.45, 7) is 4.74. The second kappa shape index (κ2) is 8.73. The molecule has 0 fully saturated rings. The van der Waals surface area contributed by atoms with Gasteiger partial charge >= 0.3 is 0 Å². The van der Waals surface area contributed by atoms with Crippen LogP contribution in [0.4, 0.5) is 0 Å². The van der Waals surface area contributed by atoms with E-state index in [2.05, 4.69) is 82.4 Å². The maximum absolute atomic E-state index is 8.86. The minimum atomic E-state index is 0.201. The van der Waals surface area contributed by atoms with Gasteiger partial charge in [0.05, 0.1) is 6.07 Å². The van der Waals surface area contributed by atoms with Gasteiger partial charge in [0, 0.05) is 30.9 Å². The number of nitriles is 1. The van der Waals surface area contributed by atoms with E-state index in [1.165, 1.54) is 16.7 Å². The van der Waals surface area contributed by atoms with Crippen LogP contribution < -0.4 is 0 Å². The van der Waals surface area contributed by atoms with Gasteiger partial charge in [0.25, 0.3) is 0 Å². The fourth-order valence-electron chi connectivity index (χ4n) is 2.42. The molecule has 1 unspecified atom stereocenters. The minimum Gasteiger partial charge on any atom is -0.294 e. The van der Waals surface area contributed by atoms with E-state index >= 15 is 0 Å². The molecule has 1 atom stereocenters. The van der Waals surface area contributed by atoms with Crippen LogP contribution >= 0.6 is 15.9 Å². The molecule has 3 heteroatoms. The fraction of sp³-hybridized carbons (Fsp3) is 0.316. The maximum Gasteiger partial charge on any atom is 0.0634 e. The van der Waals surface area contributed by atoms with E-state index in [4.69, 9.17) is 5.26 Å². The van der Waals surface area contributed by atoms with Crippen LogP contribution in [-0.4, -0.2) is 16.3 Å². The monoisotopic (exact) mass is 356 g/mol. The average Bonchev–Trinajstić information content (AvgIpc) is 2.51. The van der Waals surface area contributed by atoms with E-state index in [-0.39, 0.29) is 4.83 Å². The van der Waals surface area contributed by atoms with Crippen LogP contribution in [0.5, 0.6) is 0 Å². The lowest BCUT2D eigenvalue weighted by molar-refractivity contribution is 0.259. The summed E-state index contributed by atoms with van der Waals surface area (Å²) < 4.78 is 0. The Hall–Kier alpha value is -1.63. The summed E-state index contributed by atoms with van der Waals surface area (Å²) in [7, 11) is 0. The molecule has 2 aromatic rings. The summed E-state index contributed by atoms with van der Waals surface area (Å²) in [6.07, 6.45) is 0.527. The van der Waals surface area contributed by atoms with Crippen molar-refractivity contribution in [3.05, 3.63) is 71.3 Å². The van der Waals surface area contributed by atoms with E-state index in [0.717, 1.165) is 19.6 Å². The van der Waals surface area contributed by atoms with Gasteiger partial charge in [-0.05, 0) is 18.1 Å². The molecule has 0 heterocycles. The van der Waals surface area contributed by atoms with Crippen molar-refractivity contribution in [3.8, 4) is 6.07 Å². The van der Waals surface area contributed by atoms with E-state index in [1.807, 2.05) is 6.07 Å². The summed E-state index contributed by atoms with van der Waals surface area (Å²) in [5.41, 5.74) is 3.88. The van der Waals surface area contributed by atoms with Crippen LogP contribution in [0.25, 0.3) is 0 Å². The third kappa shape index (κ3) is 5.63. The average molecular weight is 357 g/mol. The van der Waals surface area contributed by atoms with Crippen LogP contribution in [-0.2, 0) is 13.1 Å². The smallest absolute Gasteiger partial charge is 0.0634 e. The van der Waals surface area contributed by atoms with Gasteiger partial charge in [0.15, 0.2) is 0 Å². The lowest BCUT2D eigenvalue weighted by atomic mass is 10.1. The normalized spacial score (nSPS) is 12.1. The summed E-state index contributed by atoms with van der Waals surface area (Å²) in [6, 6.07) is 21.4. The van der Waals surface area contributed by atoms with Crippen LogP contribution in [0.2, 0.25) is 0 Å². The first-order chi connectivity index (χ1) is 10.7. The number of hydrogen-bond donors (Lipinski definition) is 0. The van der Waals surface area contributed by atoms with Gasteiger partial charge in [-0.25, -0.2) is 0 Å². The van der Waals surface area contributed by atoms with Crippen molar-refractivity contribution in [2.24, 2.45) is 0 Å². The number of nitrogens with zero attached hydrogens (tertiary/aromatic N) is 2. The van der Waals surface area contributed by atoms with Crippen molar-refractivity contribution in [1.82, 2.24) is 4.90 Å². The molecule has 0 aliphatic carbocycles. The Labute approximate surface area is 141 Å². The zero-order chi connectivity index (χ0) is 15.8. The zero-order valence-corrected chi connectivity index (χ0v) is 14.5. The van der Waals surface area contributed by atoms with E-state index in [1.54, 1.807) is 0 Å². The lowest BCUT2D eigenvalue weighted by Crippen LogP contribution is -2.29. The predicted molar refractivity (Wildman–Crippen MR) is 94.7 cm³/mol. The first kappa shape index (κ1) is 16.7. The van der Waals surface area contributed by atoms with Crippen LogP contribution in [0.15, 0.2) is 54.6 Å². The second-order valence-electron chi connectivity index (χ2n) is 5.60. The molecule has 2 nitrogen and oxygen atoms in total. The molecule has 2 rings (SSSR count). The Morgan fingerprint density at radius 1 is 1.00 bits per heavy atom. The molecule has 0 aromatic heterocycles. The highest BCUT2D eigenvalue weighted by Crippen LogP contribution is 2.15. The SMILES string of the molecule is Cc1ccc(CN(Cc2ccccc2)CC(Br)CC#N)cc1. The molecule has 0 aliphatic heterocycles. The largest absolute Gasteiger partial charge is 0.294 e. The second-order valence-corrected chi connectivity index (χ2v) is 6.90. The Bertz CT molecular complexity index is 602. The molecule has 0 N–H and O–H groups in total. The van der Waals surface area contributed by atoms with Crippen LogP contribution in [0.1, 0.15) is 23.1 Å². The molecule has 114 valence electrons. The third-order valence-electron chi connectivity index (χ3n) is 3.54. The molecule has 0 aliphatic rings. The number of aryl methyl sites for hydroxylation is 1. The van der Waals surface area contributed by atoms with Gasteiger partial charge in [0.2, 0.25) is 0 Å². The van der Waals surface area contributed by atoms with Crippen molar-refractivity contribution >= 4 is 15.9 Å². The van der Waals surface area contributed by atoms with E-state index < -0.39 is 0 Å². The zero-order valence-electron chi connectivity index (χ0n) is 12.9. The van der Waals surface area contributed by atoms with Crippen molar-refractivity contribution < 1.29 is 0 Å². The minimum absolute atomic E-state index is 0.201. The highest BCUT2D eigenvalue weighted by molar-refractivity contribution is 9.09. The summed E-state index contributed by atoms with van der Waals surface area (Å²) in [5, 5.41) is 8.86. The molecular formula is C19H21BrN2. The number of alkyl halides is 1. The Kier molecular flexibility index (Phi) is 6.64. The number of rotatable bonds is 7.